The predicted molar refractivity (Wildman–Crippen MR) is 80.4 cm³/mol. The van der Waals surface area contributed by atoms with Gasteiger partial charge in [-0.25, -0.2) is 0 Å². The molecule has 5 heteroatoms. The average Bonchev–Trinajstić information content (AvgIpc) is 2.45. The molecule has 1 aromatic heterocycles. The molecule has 0 aliphatic carbocycles. The van der Waals surface area contributed by atoms with Crippen molar-refractivity contribution in [2.75, 3.05) is 0 Å². The van der Waals surface area contributed by atoms with Gasteiger partial charge in [0.1, 0.15) is 6.04 Å². The van der Waals surface area contributed by atoms with E-state index in [9.17, 15) is 9.59 Å². The zero-order chi connectivity index (χ0) is 15.6. The van der Waals surface area contributed by atoms with Crippen molar-refractivity contribution in [2.24, 2.45) is 0 Å². The molecule has 0 aliphatic rings. The molecule has 0 unspecified atom stereocenters. The molecule has 0 saturated carbocycles. The van der Waals surface area contributed by atoms with E-state index in [1.807, 2.05) is 38.1 Å². The highest BCUT2D eigenvalue weighted by Crippen LogP contribution is 2.22. The van der Waals surface area contributed by atoms with E-state index in [4.69, 9.17) is 5.11 Å². The summed E-state index contributed by atoms with van der Waals surface area (Å²) >= 11 is 0. The van der Waals surface area contributed by atoms with Crippen molar-refractivity contribution >= 4 is 22.8 Å². The van der Waals surface area contributed by atoms with Gasteiger partial charge in [-0.15, -0.1) is 0 Å². The molecule has 2 aromatic rings. The van der Waals surface area contributed by atoms with Gasteiger partial charge in [0.05, 0.1) is 11.1 Å². The minimum absolute atomic E-state index is 0.179. The van der Waals surface area contributed by atoms with Gasteiger partial charge in [-0.05, 0) is 25.0 Å². The summed E-state index contributed by atoms with van der Waals surface area (Å²) in [6, 6.07) is 8.15. The van der Waals surface area contributed by atoms with Gasteiger partial charge in [0.25, 0.3) is 5.91 Å². The molecule has 0 radical (unpaired) electrons. The lowest BCUT2D eigenvalue weighted by Crippen LogP contribution is -2.38. The van der Waals surface area contributed by atoms with Crippen LogP contribution in [0.4, 0.5) is 0 Å². The summed E-state index contributed by atoms with van der Waals surface area (Å²) in [6.07, 6.45) is 0. The molecule has 110 valence electrons. The average molecular weight is 286 g/mol. The van der Waals surface area contributed by atoms with Crippen LogP contribution in [0.3, 0.4) is 0 Å². The Morgan fingerprint density at radius 2 is 1.86 bits per heavy atom. The fourth-order valence-corrected chi connectivity index (χ4v) is 2.02. The molecule has 0 spiro atoms. The van der Waals surface area contributed by atoms with E-state index in [1.54, 1.807) is 6.07 Å². The van der Waals surface area contributed by atoms with E-state index in [-0.39, 0.29) is 5.92 Å². The number of aliphatic carboxylic acids is 1. The van der Waals surface area contributed by atoms with Crippen LogP contribution in [0, 0.1) is 0 Å². The number of carbonyl (C=O) groups is 2. The number of rotatable bonds is 4. The number of aromatic nitrogens is 1. The first-order valence-corrected chi connectivity index (χ1v) is 6.83. The summed E-state index contributed by atoms with van der Waals surface area (Å²) in [6.45, 7) is 5.43. The highest BCUT2D eigenvalue weighted by molar-refractivity contribution is 6.07. The minimum atomic E-state index is -1.06. The predicted octanol–water partition coefficient (Wildman–Crippen LogP) is 2.56. The monoisotopic (exact) mass is 286 g/mol. The number of carboxylic acid groups (broad SMARTS) is 1. The molecular weight excluding hydrogens is 268 g/mol. The Hall–Kier alpha value is -2.43. The second kappa shape index (κ2) is 5.91. The van der Waals surface area contributed by atoms with Gasteiger partial charge < -0.3 is 10.4 Å². The van der Waals surface area contributed by atoms with Crippen molar-refractivity contribution in [3.8, 4) is 0 Å². The number of nitrogens with zero attached hydrogens (tertiary/aromatic N) is 1. The van der Waals surface area contributed by atoms with E-state index >= 15 is 0 Å². The molecule has 1 aromatic carbocycles. The highest BCUT2D eigenvalue weighted by atomic mass is 16.4. The molecule has 1 amide bonds. The first-order chi connectivity index (χ1) is 9.90. The summed E-state index contributed by atoms with van der Waals surface area (Å²) < 4.78 is 0. The Balaban J connectivity index is 2.50. The fourth-order valence-electron chi connectivity index (χ4n) is 2.02. The number of nitrogens with one attached hydrogen (secondary N) is 1. The number of carboxylic acids is 1. The van der Waals surface area contributed by atoms with Crippen molar-refractivity contribution in [3.63, 3.8) is 0 Å². The number of hydrogen-bond donors (Lipinski definition) is 2. The zero-order valence-corrected chi connectivity index (χ0v) is 12.3. The summed E-state index contributed by atoms with van der Waals surface area (Å²) in [7, 11) is 0. The summed E-state index contributed by atoms with van der Waals surface area (Å²) in [5, 5.41) is 12.1. The third-order valence-electron chi connectivity index (χ3n) is 3.29. The SMILES string of the molecule is CC(C)c1cc(C(=O)N[C@H](C)C(=O)O)c2ccccc2n1. The Labute approximate surface area is 123 Å². The molecule has 21 heavy (non-hydrogen) atoms. The van der Waals surface area contributed by atoms with Crippen LogP contribution >= 0.6 is 0 Å². The maximum Gasteiger partial charge on any atom is 0.325 e. The summed E-state index contributed by atoms with van der Waals surface area (Å²) in [5.41, 5.74) is 2.00. The Kier molecular flexibility index (Phi) is 4.21. The first-order valence-electron chi connectivity index (χ1n) is 6.83. The number of carbonyl (C=O) groups excluding carboxylic acids is 1. The molecule has 0 aliphatic heterocycles. The van der Waals surface area contributed by atoms with Crippen LogP contribution in [-0.4, -0.2) is 28.0 Å². The van der Waals surface area contributed by atoms with Crippen LogP contribution in [-0.2, 0) is 4.79 Å². The molecule has 5 nitrogen and oxygen atoms in total. The Bertz CT molecular complexity index is 695. The second-order valence-electron chi connectivity index (χ2n) is 5.30. The first kappa shape index (κ1) is 15.0. The van der Waals surface area contributed by atoms with Gasteiger partial charge >= 0.3 is 5.97 Å². The van der Waals surface area contributed by atoms with Crippen LogP contribution in [0.2, 0.25) is 0 Å². The third kappa shape index (κ3) is 3.18. The van der Waals surface area contributed by atoms with Crippen LogP contribution in [0.25, 0.3) is 10.9 Å². The highest BCUT2D eigenvalue weighted by Gasteiger charge is 2.18. The van der Waals surface area contributed by atoms with E-state index < -0.39 is 17.9 Å². The number of benzene rings is 1. The zero-order valence-electron chi connectivity index (χ0n) is 12.3. The lowest BCUT2D eigenvalue weighted by molar-refractivity contribution is -0.138. The van der Waals surface area contributed by atoms with E-state index in [0.29, 0.717) is 5.56 Å². The van der Waals surface area contributed by atoms with Crippen molar-refractivity contribution in [2.45, 2.75) is 32.7 Å². The molecule has 1 atom stereocenters. The maximum atomic E-state index is 12.3. The largest absolute Gasteiger partial charge is 0.480 e. The van der Waals surface area contributed by atoms with Gasteiger partial charge in [-0.3, -0.25) is 14.6 Å². The van der Waals surface area contributed by atoms with Gasteiger partial charge in [0, 0.05) is 11.1 Å². The van der Waals surface area contributed by atoms with Crippen LogP contribution < -0.4 is 5.32 Å². The van der Waals surface area contributed by atoms with Crippen molar-refractivity contribution in [1.29, 1.82) is 0 Å². The number of para-hydroxylation sites is 1. The second-order valence-corrected chi connectivity index (χ2v) is 5.30. The van der Waals surface area contributed by atoms with E-state index in [2.05, 4.69) is 10.3 Å². The summed E-state index contributed by atoms with van der Waals surface area (Å²) in [4.78, 5) is 27.8. The molecule has 0 bridgehead atoms. The van der Waals surface area contributed by atoms with Gasteiger partial charge in [-0.1, -0.05) is 32.0 Å². The van der Waals surface area contributed by atoms with E-state index in [0.717, 1.165) is 16.6 Å². The van der Waals surface area contributed by atoms with Crippen LogP contribution in [0.15, 0.2) is 30.3 Å². The third-order valence-corrected chi connectivity index (χ3v) is 3.29. The molecular formula is C16H18N2O3. The van der Waals surface area contributed by atoms with Crippen LogP contribution in [0.5, 0.6) is 0 Å². The smallest absolute Gasteiger partial charge is 0.325 e. The van der Waals surface area contributed by atoms with E-state index in [1.165, 1.54) is 6.92 Å². The van der Waals surface area contributed by atoms with Gasteiger partial charge in [-0.2, -0.15) is 0 Å². The normalized spacial score (nSPS) is 12.4. The quantitative estimate of drug-likeness (QED) is 0.905. The van der Waals surface area contributed by atoms with Crippen molar-refractivity contribution < 1.29 is 14.7 Å². The van der Waals surface area contributed by atoms with Crippen LogP contribution in [0.1, 0.15) is 42.7 Å². The van der Waals surface area contributed by atoms with Gasteiger partial charge in [0.2, 0.25) is 0 Å². The molecule has 0 saturated heterocycles. The molecule has 2 rings (SSSR count). The maximum absolute atomic E-state index is 12.3. The standard InChI is InChI=1S/C16H18N2O3/c1-9(2)14-8-12(15(19)17-10(3)16(20)21)11-6-4-5-7-13(11)18-14/h4-10H,1-3H3,(H,17,19)(H,20,21)/t10-/m1/s1. The number of hydrogen-bond acceptors (Lipinski definition) is 3. The molecule has 0 fully saturated rings. The van der Waals surface area contributed by atoms with Crippen molar-refractivity contribution in [1.82, 2.24) is 10.3 Å². The lowest BCUT2D eigenvalue weighted by Gasteiger charge is -2.13. The number of pyridine rings is 1. The Morgan fingerprint density at radius 1 is 1.19 bits per heavy atom. The summed E-state index contributed by atoms with van der Waals surface area (Å²) in [5.74, 6) is -1.28. The fraction of sp³-hybridized carbons (Fsp3) is 0.312. The van der Waals surface area contributed by atoms with Crippen molar-refractivity contribution in [3.05, 3.63) is 41.6 Å². The number of fused-ring (bicyclic) bond motifs is 1. The minimum Gasteiger partial charge on any atom is -0.480 e. The lowest BCUT2D eigenvalue weighted by atomic mass is 10.0. The Morgan fingerprint density at radius 3 is 2.48 bits per heavy atom. The molecule has 2 N–H and O–H groups in total. The number of amides is 1. The topological polar surface area (TPSA) is 79.3 Å². The van der Waals surface area contributed by atoms with Gasteiger partial charge in [0.15, 0.2) is 0 Å². The molecule has 1 heterocycles.